The van der Waals surface area contributed by atoms with Gasteiger partial charge in [-0.3, -0.25) is 0 Å². The molecule has 0 amide bonds. The fourth-order valence-electron chi connectivity index (χ4n) is 1.68. The Kier molecular flexibility index (Phi) is 3.06. The molecule has 1 aromatic carbocycles. The Morgan fingerprint density at radius 1 is 1.00 bits per heavy atom. The van der Waals surface area contributed by atoms with E-state index in [1.54, 1.807) is 0 Å². The molecule has 0 saturated carbocycles. The minimum absolute atomic E-state index is 0.642. The largest absolute Gasteiger partial charge is 0.227 e. The van der Waals surface area contributed by atoms with Crippen LogP contribution in [0.3, 0.4) is 0 Å². The molecule has 0 bridgehead atoms. The normalized spacial score (nSPS) is 10.5. The van der Waals surface area contributed by atoms with Gasteiger partial charge in [-0.2, -0.15) is 0 Å². The summed E-state index contributed by atoms with van der Waals surface area (Å²) in [5, 5.41) is 0. The van der Waals surface area contributed by atoms with Crippen LogP contribution in [0.15, 0.2) is 29.0 Å². The van der Waals surface area contributed by atoms with Crippen LogP contribution in [0.25, 0.3) is 11.3 Å². The van der Waals surface area contributed by atoms with E-state index in [2.05, 4.69) is 57.9 Å². The Balaban J connectivity index is 2.62. The van der Waals surface area contributed by atoms with Crippen molar-refractivity contribution in [2.24, 2.45) is 0 Å². The van der Waals surface area contributed by atoms with Crippen LogP contribution in [0, 0.1) is 20.8 Å². The first-order chi connectivity index (χ1) is 7.56. The second-order valence-corrected chi connectivity index (χ2v) is 4.69. The van der Waals surface area contributed by atoms with Crippen molar-refractivity contribution >= 4 is 15.9 Å². The third-order valence-corrected chi connectivity index (χ3v) is 2.85. The van der Waals surface area contributed by atoms with E-state index in [0.29, 0.717) is 4.73 Å². The highest BCUT2D eigenvalue weighted by Crippen LogP contribution is 2.24. The summed E-state index contributed by atoms with van der Waals surface area (Å²) in [4.78, 5) is 8.63. The molecule has 0 unspecified atom stereocenters. The van der Waals surface area contributed by atoms with Crippen LogP contribution in [0.2, 0.25) is 0 Å². The van der Waals surface area contributed by atoms with E-state index in [-0.39, 0.29) is 0 Å². The third-order valence-electron chi connectivity index (χ3n) is 2.50. The molecule has 2 rings (SSSR count). The first-order valence-electron chi connectivity index (χ1n) is 5.15. The van der Waals surface area contributed by atoms with Gasteiger partial charge in [-0.05, 0) is 54.4 Å². The fraction of sp³-hybridized carbons (Fsp3) is 0.231. The molecule has 0 radical (unpaired) electrons. The molecule has 0 N–H and O–H groups in total. The van der Waals surface area contributed by atoms with Crippen LogP contribution in [-0.4, -0.2) is 9.97 Å². The van der Waals surface area contributed by atoms with Crippen LogP contribution in [0.5, 0.6) is 0 Å². The van der Waals surface area contributed by atoms with Crippen molar-refractivity contribution in [3.8, 4) is 11.3 Å². The molecule has 0 aliphatic heterocycles. The molecule has 1 heterocycles. The zero-order chi connectivity index (χ0) is 11.7. The minimum atomic E-state index is 0.642. The molecule has 0 aliphatic carbocycles. The minimum Gasteiger partial charge on any atom is -0.227 e. The second kappa shape index (κ2) is 4.34. The van der Waals surface area contributed by atoms with E-state index in [9.17, 15) is 0 Å². The van der Waals surface area contributed by atoms with Crippen LogP contribution in [-0.2, 0) is 0 Å². The van der Waals surface area contributed by atoms with Gasteiger partial charge in [-0.25, -0.2) is 9.97 Å². The predicted octanol–water partition coefficient (Wildman–Crippen LogP) is 3.83. The number of benzene rings is 1. The van der Waals surface area contributed by atoms with Crippen LogP contribution in [0.4, 0.5) is 0 Å². The molecule has 2 nitrogen and oxygen atoms in total. The standard InChI is InChI=1S/C13H13BrN2/c1-8-4-5-9(2)11(6-8)12-7-10(3)15-13(14)16-12/h4-7H,1-3H3. The molecule has 0 aliphatic rings. The monoisotopic (exact) mass is 276 g/mol. The maximum absolute atomic E-state index is 4.41. The summed E-state index contributed by atoms with van der Waals surface area (Å²) in [5.74, 6) is 0. The maximum Gasteiger partial charge on any atom is 0.197 e. The zero-order valence-electron chi connectivity index (χ0n) is 9.58. The maximum atomic E-state index is 4.41. The summed E-state index contributed by atoms with van der Waals surface area (Å²) < 4.78 is 0.642. The van der Waals surface area contributed by atoms with Crippen molar-refractivity contribution in [1.29, 1.82) is 0 Å². The highest BCUT2D eigenvalue weighted by Gasteiger charge is 2.06. The van der Waals surface area contributed by atoms with E-state index in [1.165, 1.54) is 16.7 Å². The van der Waals surface area contributed by atoms with Gasteiger partial charge in [-0.15, -0.1) is 0 Å². The van der Waals surface area contributed by atoms with Crippen molar-refractivity contribution in [2.75, 3.05) is 0 Å². The molecule has 0 saturated heterocycles. The fourth-order valence-corrected chi connectivity index (χ4v) is 2.15. The highest BCUT2D eigenvalue weighted by molar-refractivity contribution is 9.10. The third kappa shape index (κ3) is 2.30. The molecule has 0 atom stereocenters. The number of halogens is 1. The van der Waals surface area contributed by atoms with Gasteiger partial charge < -0.3 is 0 Å². The summed E-state index contributed by atoms with van der Waals surface area (Å²) in [6.07, 6.45) is 0. The van der Waals surface area contributed by atoms with Gasteiger partial charge in [0.05, 0.1) is 5.69 Å². The van der Waals surface area contributed by atoms with Crippen molar-refractivity contribution in [1.82, 2.24) is 9.97 Å². The topological polar surface area (TPSA) is 25.8 Å². The van der Waals surface area contributed by atoms with Crippen molar-refractivity contribution in [3.05, 3.63) is 45.8 Å². The van der Waals surface area contributed by atoms with Gasteiger partial charge in [0.2, 0.25) is 0 Å². The first kappa shape index (κ1) is 11.3. The molecule has 82 valence electrons. The molecule has 16 heavy (non-hydrogen) atoms. The summed E-state index contributed by atoms with van der Waals surface area (Å²) in [7, 11) is 0. The smallest absolute Gasteiger partial charge is 0.197 e. The Morgan fingerprint density at radius 3 is 2.44 bits per heavy atom. The zero-order valence-corrected chi connectivity index (χ0v) is 11.2. The van der Waals surface area contributed by atoms with E-state index in [0.717, 1.165) is 11.4 Å². The molecular weight excluding hydrogens is 264 g/mol. The van der Waals surface area contributed by atoms with Crippen LogP contribution in [0.1, 0.15) is 16.8 Å². The second-order valence-electron chi connectivity index (χ2n) is 3.98. The van der Waals surface area contributed by atoms with Crippen molar-refractivity contribution in [2.45, 2.75) is 20.8 Å². The van der Waals surface area contributed by atoms with Crippen LogP contribution < -0.4 is 0 Å². The van der Waals surface area contributed by atoms with Crippen molar-refractivity contribution in [3.63, 3.8) is 0 Å². The average molecular weight is 277 g/mol. The van der Waals surface area contributed by atoms with E-state index in [4.69, 9.17) is 0 Å². The predicted molar refractivity (Wildman–Crippen MR) is 69.4 cm³/mol. The lowest BCUT2D eigenvalue weighted by atomic mass is 10.0. The summed E-state index contributed by atoms with van der Waals surface area (Å²) in [6, 6.07) is 8.40. The Hall–Kier alpha value is -1.22. The van der Waals surface area contributed by atoms with Gasteiger partial charge in [0.15, 0.2) is 4.73 Å². The molecule has 1 aromatic heterocycles. The number of rotatable bonds is 1. The Morgan fingerprint density at radius 2 is 1.75 bits per heavy atom. The van der Waals surface area contributed by atoms with E-state index < -0.39 is 0 Å². The quantitative estimate of drug-likeness (QED) is 0.740. The Labute approximate surface area is 104 Å². The van der Waals surface area contributed by atoms with Gasteiger partial charge in [0.25, 0.3) is 0 Å². The number of hydrogen-bond acceptors (Lipinski definition) is 2. The van der Waals surface area contributed by atoms with Gasteiger partial charge in [0.1, 0.15) is 0 Å². The SMILES string of the molecule is Cc1ccc(C)c(-c2cc(C)nc(Br)n2)c1. The number of aromatic nitrogens is 2. The molecule has 0 fully saturated rings. The molecule has 0 spiro atoms. The highest BCUT2D eigenvalue weighted by atomic mass is 79.9. The van der Waals surface area contributed by atoms with E-state index >= 15 is 0 Å². The first-order valence-corrected chi connectivity index (χ1v) is 5.94. The Bertz CT molecular complexity index is 515. The number of hydrogen-bond donors (Lipinski definition) is 0. The van der Waals surface area contributed by atoms with Gasteiger partial charge in [0, 0.05) is 11.3 Å². The summed E-state index contributed by atoms with van der Waals surface area (Å²) in [6.45, 7) is 6.16. The van der Waals surface area contributed by atoms with Gasteiger partial charge in [-0.1, -0.05) is 17.7 Å². The summed E-state index contributed by atoms with van der Waals surface area (Å²) in [5.41, 5.74) is 5.59. The van der Waals surface area contributed by atoms with Crippen molar-refractivity contribution < 1.29 is 0 Å². The van der Waals surface area contributed by atoms with Gasteiger partial charge >= 0.3 is 0 Å². The summed E-state index contributed by atoms with van der Waals surface area (Å²) >= 11 is 3.33. The number of nitrogens with zero attached hydrogens (tertiary/aromatic N) is 2. The van der Waals surface area contributed by atoms with E-state index in [1.807, 2.05) is 13.0 Å². The lowest BCUT2D eigenvalue weighted by Crippen LogP contribution is -1.93. The average Bonchev–Trinajstić information content (AvgIpc) is 2.20. The lowest BCUT2D eigenvalue weighted by Gasteiger charge is -2.07. The molecule has 3 heteroatoms. The lowest BCUT2D eigenvalue weighted by molar-refractivity contribution is 1.06. The molecule has 2 aromatic rings. The van der Waals surface area contributed by atoms with Crippen LogP contribution >= 0.6 is 15.9 Å². The molecular formula is C13H13BrN2. The number of aryl methyl sites for hydroxylation is 3.